The van der Waals surface area contributed by atoms with Gasteiger partial charge in [-0.2, -0.15) is 0 Å². The highest BCUT2D eigenvalue weighted by Crippen LogP contribution is 2.39. The number of halogens is 3. The predicted octanol–water partition coefficient (Wildman–Crippen LogP) is 5.16. The molecule has 3 nitrogen and oxygen atoms in total. The van der Waals surface area contributed by atoms with Crippen LogP contribution in [-0.4, -0.2) is 28.6 Å². The highest BCUT2D eigenvalue weighted by atomic mass is 35.5. The molecule has 0 aliphatic carbocycles. The van der Waals surface area contributed by atoms with E-state index in [4.69, 9.17) is 23.2 Å². The van der Waals surface area contributed by atoms with Crippen LogP contribution < -0.4 is 0 Å². The van der Waals surface area contributed by atoms with Gasteiger partial charge in [-0.3, -0.25) is 9.69 Å². The molecule has 0 amide bonds. The molecule has 0 saturated carbocycles. The SMILES string of the molecule is O=C(O)C1CCCCN1C(c1ccccc1F)c1ccc(Cl)cc1Cl. The van der Waals surface area contributed by atoms with Crippen LogP contribution in [0.25, 0.3) is 0 Å². The van der Waals surface area contributed by atoms with Crippen LogP contribution in [0.3, 0.4) is 0 Å². The summed E-state index contributed by atoms with van der Waals surface area (Å²) in [5, 5.41) is 10.5. The number of carboxylic acids is 1. The van der Waals surface area contributed by atoms with E-state index in [0.29, 0.717) is 34.1 Å². The van der Waals surface area contributed by atoms with E-state index in [1.165, 1.54) is 6.07 Å². The smallest absolute Gasteiger partial charge is 0.320 e. The number of likely N-dealkylation sites (tertiary alicyclic amines) is 1. The number of piperidine rings is 1. The molecule has 2 unspecified atom stereocenters. The summed E-state index contributed by atoms with van der Waals surface area (Å²) in [7, 11) is 0. The van der Waals surface area contributed by atoms with Gasteiger partial charge in [0, 0.05) is 15.6 Å². The molecule has 1 saturated heterocycles. The zero-order valence-electron chi connectivity index (χ0n) is 13.5. The van der Waals surface area contributed by atoms with Crippen molar-refractivity contribution in [2.45, 2.75) is 31.3 Å². The molecule has 1 heterocycles. The Balaban J connectivity index is 2.15. The molecular formula is C19H18Cl2FNO2. The largest absolute Gasteiger partial charge is 0.480 e. The minimum absolute atomic E-state index is 0.381. The Morgan fingerprint density at radius 1 is 1.16 bits per heavy atom. The second-order valence-electron chi connectivity index (χ2n) is 6.18. The maximum Gasteiger partial charge on any atom is 0.320 e. The first-order valence-electron chi connectivity index (χ1n) is 8.17. The number of aliphatic carboxylic acids is 1. The topological polar surface area (TPSA) is 40.5 Å². The van der Waals surface area contributed by atoms with Crippen LogP contribution in [0, 0.1) is 5.82 Å². The Bertz CT molecular complexity index is 784. The zero-order chi connectivity index (χ0) is 18.0. The van der Waals surface area contributed by atoms with Crippen LogP contribution in [0.5, 0.6) is 0 Å². The third-order valence-corrected chi connectivity index (χ3v) is 5.18. The molecular weight excluding hydrogens is 364 g/mol. The van der Waals surface area contributed by atoms with E-state index in [0.717, 1.165) is 12.8 Å². The maximum atomic E-state index is 14.6. The lowest BCUT2D eigenvalue weighted by molar-refractivity contribution is -0.145. The average Bonchev–Trinajstić information content (AvgIpc) is 2.59. The third kappa shape index (κ3) is 3.81. The molecule has 2 aromatic carbocycles. The fraction of sp³-hybridized carbons (Fsp3) is 0.316. The fourth-order valence-corrected chi connectivity index (χ4v) is 3.98. The first kappa shape index (κ1) is 18.2. The second kappa shape index (κ2) is 7.73. The van der Waals surface area contributed by atoms with Crippen LogP contribution in [0.4, 0.5) is 4.39 Å². The summed E-state index contributed by atoms with van der Waals surface area (Å²) in [6, 6.07) is 10.2. The Labute approximate surface area is 156 Å². The number of benzene rings is 2. The van der Waals surface area contributed by atoms with E-state index >= 15 is 0 Å². The molecule has 6 heteroatoms. The minimum atomic E-state index is -0.897. The molecule has 2 atom stereocenters. The van der Waals surface area contributed by atoms with Crippen molar-refractivity contribution in [3.8, 4) is 0 Å². The van der Waals surface area contributed by atoms with Crippen molar-refractivity contribution >= 4 is 29.2 Å². The molecule has 3 rings (SSSR count). The average molecular weight is 382 g/mol. The van der Waals surface area contributed by atoms with E-state index in [1.54, 1.807) is 36.4 Å². The van der Waals surface area contributed by atoms with Crippen LogP contribution >= 0.6 is 23.2 Å². The van der Waals surface area contributed by atoms with Gasteiger partial charge in [-0.15, -0.1) is 0 Å². The summed E-state index contributed by atoms with van der Waals surface area (Å²) in [6.07, 6.45) is 2.23. The zero-order valence-corrected chi connectivity index (χ0v) is 15.0. The Kier molecular flexibility index (Phi) is 5.62. The molecule has 0 radical (unpaired) electrons. The van der Waals surface area contributed by atoms with Crippen LogP contribution in [0.2, 0.25) is 10.0 Å². The van der Waals surface area contributed by atoms with Crippen molar-refractivity contribution in [3.05, 3.63) is 69.5 Å². The summed E-state index contributed by atoms with van der Waals surface area (Å²) >= 11 is 12.4. The Hall–Kier alpha value is -1.62. The number of hydrogen-bond acceptors (Lipinski definition) is 2. The molecule has 0 bridgehead atoms. The highest BCUT2D eigenvalue weighted by molar-refractivity contribution is 6.35. The summed E-state index contributed by atoms with van der Waals surface area (Å²) in [5.41, 5.74) is 1.07. The quantitative estimate of drug-likeness (QED) is 0.794. The molecule has 25 heavy (non-hydrogen) atoms. The summed E-state index contributed by atoms with van der Waals surface area (Å²) in [4.78, 5) is 13.6. The summed E-state index contributed by atoms with van der Waals surface area (Å²) in [5.74, 6) is -1.28. The van der Waals surface area contributed by atoms with E-state index < -0.39 is 18.1 Å². The van der Waals surface area contributed by atoms with E-state index in [9.17, 15) is 14.3 Å². The van der Waals surface area contributed by atoms with E-state index in [2.05, 4.69) is 0 Å². The number of hydrogen-bond donors (Lipinski definition) is 1. The molecule has 132 valence electrons. The first-order valence-corrected chi connectivity index (χ1v) is 8.92. The van der Waals surface area contributed by atoms with Crippen molar-refractivity contribution in [3.63, 3.8) is 0 Å². The summed E-state index contributed by atoms with van der Waals surface area (Å²) < 4.78 is 14.6. The van der Waals surface area contributed by atoms with E-state index in [-0.39, 0.29) is 5.82 Å². The fourth-order valence-electron chi connectivity index (χ4n) is 3.47. The van der Waals surface area contributed by atoms with Gasteiger partial charge in [0.05, 0.1) is 6.04 Å². The van der Waals surface area contributed by atoms with Crippen molar-refractivity contribution in [1.29, 1.82) is 0 Å². The lowest BCUT2D eigenvalue weighted by Crippen LogP contribution is -2.47. The van der Waals surface area contributed by atoms with Crippen molar-refractivity contribution in [1.82, 2.24) is 4.90 Å². The monoisotopic (exact) mass is 381 g/mol. The maximum absolute atomic E-state index is 14.6. The lowest BCUT2D eigenvalue weighted by Gasteiger charge is -2.40. The van der Waals surface area contributed by atoms with Crippen molar-refractivity contribution in [2.75, 3.05) is 6.54 Å². The van der Waals surface area contributed by atoms with Crippen LogP contribution in [-0.2, 0) is 4.79 Å². The number of rotatable bonds is 4. The Morgan fingerprint density at radius 3 is 2.60 bits per heavy atom. The van der Waals surface area contributed by atoms with Crippen molar-refractivity contribution in [2.24, 2.45) is 0 Å². The third-order valence-electron chi connectivity index (χ3n) is 4.62. The highest BCUT2D eigenvalue weighted by Gasteiger charge is 2.36. The predicted molar refractivity (Wildman–Crippen MR) is 96.7 cm³/mol. The van der Waals surface area contributed by atoms with Gasteiger partial charge in [-0.25, -0.2) is 4.39 Å². The standard InChI is InChI=1S/C19H18Cl2FNO2/c20-12-8-9-13(15(21)11-12)18(14-5-1-2-6-16(14)22)23-10-4-3-7-17(23)19(24)25/h1-2,5-6,8-9,11,17-18H,3-4,7,10H2,(H,24,25). The van der Waals surface area contributed by atoms with E-state index in [1.807, 2.05) is 4.90 Å². The summed E-state index contributed by atoms with van der Waals surface area (Å²) in [6.45, 7) is 0.564. The van der Waals surface area contributed by atoms with Gasteiger partial charge in [-0.05, 0) is 43.1 Å². The van der Waals surface area contributed by atoms with Gasteiger partial charge in [0.15, 0.2) is 0 Å². The molecule has 0 aromatic heterocycles. The molecule has 2 aromatic rings. The van der Waals surface area contributed by atoms with Gasteiger partial charge < -0.3 is 5.11 Å². The molecule has 0 spiro atoms. The molecule has 1 aliphatic heterocycles. The molecule has 1 N–H and O–H groups in total. The second-order valence-corrected chi connectivity index (χ2v) is 7.02. The normalized spacial score (nSPS) is 19.6. The first-order chi connectivity index (χ1) is 12.0. The van der Waals surface area contributed by atoms with Crippen LogP contribution in [0.15, 0.2) is 42.5 Å². The lowest BCUT2D eigenvalue weighted by atomic mass is 9.91. The number of carbonyl (C=O) groups is 1. The number of carboxylic acid groups (broad SMARTS) is 1. The minimum Gasteiger partial charge on any atom is -0.480 e. The Morgan fingerprint density at radius 2 is 1.92 bits per heavy atom. The molecule has 1 fully saturated rings. The number of nitrogens with zero attached hydrogens (tertiary/aromatic N) is 1. The van der Waals surface area contributed by atoms with Crippen molar-refractivity contribution < 1.29 is 14.3 Å². The van der Waals surface area contributed by atoms with Gasteiger partial charge in [0.25, 0.3) is 0 Å². The molecule has 1 aliphatic rings. The van der Waals surface area contributed by atoms with Gasteiger partial charge in [0.2, 0.25) is 0 Å². The van der Waals surface area contributed by atoms with Gasteiger partial charge in [-0.1, -0.05) is 53.9 Å². The van der Waals surface area contributed by atoms with Crippen LogP contribution in [0.1, 0.15) is 36.4 Å². The van der Waals surface area contributed by atoms with Gasteiger partial charge >= 0.3 is 5.97 Å². The van der Waals surface area contributed by atoms with Gasteiger partial charge in [0.1, 0.15) is 11.9 Å².